The van der Waals surface area contributed by atoms with Gasteiger partial charge in [-0.25, -0.2) is 0 Å². The molecule has 4 atom stereocenters. The van der Waals surface area contributed by atoms with Gasteiger partial charge in [-0.3, -0.25) is 0 Å². The van der Waals surface area contributed by atoms with Crippen LogP contribution >= 0.6 is 0 Å². The van der Waals surface area contributed by atoms with Gasteiger partial charge < -0.3 is 0 Å². The average Bonchev–Trinajstić information content (AvgIpc) is 2.97. The van der Waals surface area contributed by atoms with Gasteiger partial charge in [-0.15, -0.1) is 0 Å². The van der Waals surface area contributed by atoms with Gasteiger partial charge in [0.15, 0.2) is 0 Å². The molecule has 1 aliphatic rings. The minimum absolute atomic E-state index is 0.884. The second kappa shape index (κ2) is 14.9. The van der Waals surface area contributed by atoms with Gasteiger partial charge in [0, 0.05) is 0 Å². The van der Waals surface area contributed by atoms with E-state index in [4.69, 9.17) is 0 Å². The van der Waals surface area contributed by atoms with Crippen LogP contribution in [0.2, 0.25) is 0 Å². The van der Waals surface area contributed by atoms with Crippen molar-refractivity contribution >= 4 is 0 Å². The predicted molar refractivity (Wildman–Crippen MR) is 101 cm³/mol. The van der Waals surface area contributed by atoms with Crippen LogP contribution in [0.1, 0.15) is 107 Å². The minimum atomic E-state index is 0.884. The summed E-state index contributed by atoms with van der Waals surface area (Å²) in [4.78, 5) is 0. The predicted octanol–water partition coefficient (Wildman–Crippen LogP) is 7.96. The monoisotopic (exact) mass is 298 g/mol. The molecule has 21 heavy (non-hydrogen) atoms. The van der Waals surface area contributed by atoms with Crippen LogP contribution in [0.4, 0.5) is 0 Å². The standard InChI is InChI=1S/C14H28.C5H12.C2H6/c1-5-8-11(3)12(4)14-10-7-9-13(14)6-2;1-4-5(2)3;1-2/h11-14H,5-10H2,1-4H3;5H,4H2,1-3H3;1-2H3. The van der Waals surface area contributed by atoms with Gasteiger partial charge in [-0.1, -0.05) is 101 Å². The van der Waals surface area contributed by atoms with Crippen LogP contribution < -0.4 is 0 Å². The number of hydrogen-bond donors (Lipinski definition) is 0. The van der Waals surface area contributed by atoms with Crippen LogP contribution in [0.25, 0.3) is 0 Å². The first-order chi connectivity index (χ1) is 9.97. The Balaban J connectivity index is 0. The molecule has 0 bridgehead atoms. The second-order valence-electron chi connectivity index (χ2n) is 7.19. The third-order valence-corrected chi connectivity index (χ3v) is 5.38. The Bertz CT molecular complexity index is 194. The Morgan fingerprint density at radius 2 is 1.43 bits per heavy atom. The summed E-state index contributed by atoms with van der Waals surface area (Å²) in [7, 11) is 0. The summed E-state index contributed by atoms with van der Waals surface area (Å²) in [6.07, 6.45) is 10.0. The zero-order valence-corrected chi connectivity index (χ0v) is 16.8. The van der Waals surface area contributed by atoms with Crippen LogP contribution in [-0.4, -0.2) is 0 Å². The molecule has 4 unspecified atom stereocenters. The molecule has 1 rings (SSSR count). The van der Waals surface area contributed by atoms with Crippen LogP contribution in [0.15, 0.2) is 0 Å². The lowest BCUT2D eigenvalue weighted by molar-refractivity contribution is 0.199. The highest BCUT2D eigenvalue weighted by Crippen LogP contribution is 2.42. The van der Waals surface area contributed by atoms with Crippen molar-refractivity contribution in [3.05, 3.63) is 0 Å². The summed E-state index contributed by atoms with van der Waals surface area (Å²) >= 11 is 0. The van der Waals surface area contributed by atoms with E-state index in [1.807, 2.05) is 13.8 Å². The lowest BCUT2D eigenvalue weighted by Crippen LogP contribution is -2.22. The summed E-state index contributed by atoms with van der Waals surface area (Å²) in [5.74, 6) is 4.88. The number of rotatable bonds is 6. The van der Waals surface area contributed by atoms with Crippen LogP contribution in [-0.2, 0) is 0 Å². The Hall–Kier alpha value is 0. The molecule has 0 radical (unpaired) electrons. The van der Waals surface area contributed by atoms with Gasteiger partial charge in [0.25, 0.3) is 0 Å². The molecule has 1 saturated carbocycles. The van der Waals surface area contributed by atoms with Gasteiger partial charge in [0.05, 0.1) is 0 Å². The van der Waals surface area contributed by atoms with Crippen LogP contribution in [0.3, 0.4) is 0 Å². The van der Waals surface area contributed by atoms with Crippen LogP contribution in [0.5, 0.6) is 0 Å². The molecule has 0 aromatic carbocycles. The maximum absolute atomic E-state index is 2.50. The lowest BCUT2D eigenvalue weighted by atomic mass is 9.76. The largest absolute Gasteiger partial charge is 0.0683 e. The van der Waals surface area contributed by atoms with Gasteiger partial charge in [0.2, 0.25) is 0 Å². The Labute approximate surface area is 137 Å². The van der Waals surface area contributed by atoms with Gasteiger partial charge in [-0.05, 0) is 36.0 Å². The molecule has 0 spiro atoms. The van der Waals surface area contributed by atoms with Gasteiger partial charge in [0.1, 0.15) is 0 Å². The molecule has 0 saturated heterocycles. The highest BCUT2D eigenvalue weighted by atomic mass is 14.4. The van der Waals surface area contributed by atoms with Crippen molar-refractivity contribution in [1.29, 1.82) is 0 Å². The highest BCUT2D eigenvalue weighted by Gasteiger charge is 2.32. The fourth-order valence-corrected chi connectivity index (χ4v) is 3.40. The van der Waals surface area contributed by atoms with Crippen molar-refractivity contribution in [2.75, 3.05) is 0 Å². The molecular weight excluding hydrogens is 252 g/mol. The van der Waals surface area contributed by atoms with E-state index in [0.717, 1.165) is 29.6 Å². The van der Waals surface area contributed by atoms with E-state index in [1.54, 1.807) is 0 Å². The van der Waals surface area contributed by atoms with Gasteiger partial charge in [-0.2, -0.15) is 0 Å². The Morgan fingerprint density at radius 3 is 1.81 bits per heavy atom. The van der Waals surface area contributed by atoms with E-state index in [9.17, 15) is 0 Å². The second-order valence-corrected chi connectivity index (χ2v) is 7.19. The van der Waals surface area contributed by atoms with Crippen LogP contribution in [0, 0.1) is 29.6 Å². The Morgan fingerprint density at radius 1 is 0.905 bits per heavy atom. The first kappa shape index (κ1) is 23.3. The molecule has 0 nitrogen and oxygen atoms in total. The molecule has 1 fully saturated rings. The summed E-state index contributed by atoms with van der Waals surface area (Å²) in [5, 5.41) is 0. The summed E-state index contributed by atoms with van der Waals surface area (Å²) in [6, 6.07) is 0. The molecule has 0 aliphatic heterocycles. The molecule has 0 N–H and O–H groups in total. The molecule has 0 heteroatoms. The van der Waals surface area contributed by atoms with Crippen molar-refractivity contribution < 1.29 is 0 Å². The van der Waals surface area contributed by atoms with E-state index in [2.05, 4.69) is 48.5 Å². The van der Waals surface area contributed by atoms with Crippen molar-refractivity contribution in [3.63, 3.8) is 0 Å². The Kier molecular flexibility index (Phi) is 16.5. The maximum Gasteiger partial charge on any atom is -0.0358 e. The normalized spacial score (nSPS) is 23.7. The molecule has 130 valence electrons. The van der Waals surface area contributed by atoms with Crippen molar-refractivity contribution in [2.24, 2.45) is 29.6 Å². The number of hydrogen-bond acceptors (Lipinski definition) is 0. The third-order valence-electron chi connectivity index (χ3n) is 5.38. The molecule has 0 heterocycles. The molecule has 0 amide bonds. The quantitative estimate of drug-likeness (QED) is 0.466. The smallest absolute Gasteiger partial charge is 0.0358 e. The molecule has 1 aliphatic carbocycles. The van der Waals surface area contributed by atoms with E-state index in [-0.39, 0.29) is 0 Å². The van der Waals surface area contributed by atoms with E-state index in [1.165, 1.54) is 44.9 Å². The fraction of sp³-hybridized carbons (Fsp3) is 1.00. The lowest BCUT2D eigenvalue weighted by Gasteiger charge is -2.30. The van der Waals surface area contributed by atoms with Gasteiger partial charge >= 0.3 is 0 Å². The molecular formula is C21H46. The zero-order valence-electron chi connectivity index (χ0n) is 16.8. The molecule has 0 aromatic rings. The first-order valence-electron chi connectivity index (χ1n) is 9.97. The SMILES string of the molecule is CC.CCC(C)C.CCCC(C)C(C)C1CCCC1CC. The van der Waals surface area contributed by atoms with E-state index in [0.29, 0.717) is 0 Å². The van der Waals surface area contributed by atoms with Crippen molar-refractivity contribution in [3.8, 4) is 0 Å². The summed E-state index contributed by atoms with van der Waals surface area (Å²) in [5.41, 5.74) is 0. The average molecular weight is 299 g/mol. The first-order valence-corrected chi connectivity index (χ1v) is 9.97. The summed E-state index contributed by atoms with van der Waals surface area (Å²) in [6.45, 7) is 20.3. The van der Waals surface area contributed by atoms with E-state index >= 15 is 0 Å². The topological polar surface area (TPSA) is 0 Å². The molecule has 0 aromatic heterocycles. The third kappa shape index (κ3) is 10.4. The summed E-state index contributed by atoms with van der Waals surface area (Å²) < 4.78 is 0. The van der Waals surface area contributed by atoms with Crippen molar-refractivity contribution in [1.82, 2.24) is 0 Å². The highest BCUT2D eigenvalue weighted by molar-refractivity contribution is 4.82. The fourth-order valence-electron chi connectivity index (χ4n) is 3.40. The zero-order chi connectivity index (χ0) is 16.8. The maximum atomic E-state index is 2.50. The van der Waals surface area contributed by atoms with E-state index < -0.39 is 0 Å². The minimum Gasteiger partial charge on any atom is -0.0683 e. The van der Waals surface area contributed by atoms with Crippen molar-refractivity contribution in [2.45, 2.75) is 107 Å².